The first-order valence-corrected chi connectivity index (χ1v) is 11.9. The average molecular weight is 431 g/mol. The van der Waals surface area contributed by atoms with Crippen LogP contribution in [-0.2, 0) is 14.8 Å². The van der Waals surface area contributed by atoms with Gasteiger partial charge in [0.2, 0.25) is 10.0 Å². The van der Waals surface area contributed by atoms with E-state index in [9.17, 15) is 13.2 Å². The predicted octanol–water partition coefficient (Wildman–Crippen LogP) is 4.83. The third-order valence-electron chi connectivity index (χ3n) is 5.65. The second kappa shape index (κ2) is 9.18. The molecule has 1 aliphatic rings. The van der Waals surface area contributed by atoms with Crippen molar-refractivity contribution in [1.82, 2.24) is 4.72 Å². The molecule has 0 bridgehead atoms. The Morgan fingerprint density at radius 3 is 2.10 bits per heavy atom. The fourth-order valence-corrected chi connectivity index (χ4v) is 4.90. The first kappa shape index (κ1) is 22.3. The Kier molecular flexibility index (Phi) is 6.83. The highest BCUT2D eigenvalue weighted by Gasteiger charge is 2.26. The molecular weight excluding hydrogens is 400 g/mol. The van der Waals surface area contributed by atoms with E-state index in [-0.39, 0.29) is 16.9 Å². The van der Waals surface area contributed by atoms with Crippen LogP contribution in [0.4, 0.5) is 10.5 Å². The van der Waals surface area contributed by atoms with E-state index in [0.29, 0.717) is 24.8 Å². The largest absolute Gasteiger partial charge is 0.447 e. The van der Waals surface area contributed by atoms with Gasteiger partial charge in [-0.25, -0.2) is 17.9 Å². The number of hydrogen-bond acceptors (Lipinski definition) is 4. The fraction of sp³-hybridized carbons (Fsp3) is 0.435. The normalized spacial score (nSPS) is 16.6. The summed E-state index contributed by atoms with van der Waals surface area (Å²) in [6, 6.07) is 14.1. The van der Waals surface area contributed by atoms with Crippen LogP contribution < -0.4 is 9.62 Å². The van der Waals surface area contributed by atoms with Gasteiger partial charge in [-0.2, -0.15) is 0 Å². The topological polar surface area (TPSA) is 75.7 Å². The molecule has 2 atom stereocenters. The van der Waals surface area contributed by atoms with Gasteiger partial charge in [-0.3, -0.25) is 4.90 Å². The van der Waals surface area contributed by atoms with E-state index in [2.05, 4.69) is 30.7 Å². The van der Waals surface area contributed by atoms with Gasteiger partial charge in [0.25, 0.3) is 0 Å². The number of nitrogens with zero attached hydrogens (tertiary/aromatic N) is 1. The standard InChI is InChI=1S/C23H30N2O4S/c1-5-17(4)18-6-8-19(9-7-18)22(16(2)3)24-30(27,28)21-12-10-20(11-13-21)25-14-15-29-23(25)26/h6-13,16-17,22,24H,5,14-15H2,1-4H3. The highest BCUT2D eigenvalue weighted by Crippen LogP contribution is 2.28. The minimum Gasteiger partial charge on any atom is -0.447 e. The van der Waals surface area contributed by atoms with Gasteiger partial charge in [-0.05, 0) is 53.6 Å². The lowest BCUT2D eigenvalue weighted by atomic mass is 9.93. The monoisotopic (exact) mass is 430 g/mol. The first-order chi connectivity index (χ1) is 14.2. The molecule has 2 aromatic carbocycles. The Bertz CT molecular complexity index is 969. The molecule has 0 aliphatic carbocycles. The van der Waals surface area contributed by atoms with Crippen LogP contribution in [0.3, 0.4) is 0 Å². The molecule has 7 heteroatoms. The summed E-state index contributed by atoms with van der Waals surface area (Å²) in [4.78, 5) is 13.3. The van der Waals surface area contributed by atoms with Crippen molar-refractivity contribution in [2.75, 3.05) is 18.1 Å². The number of cyclic esters (lactones) is 1. The Labute approximate surface area is 179 Å². The summed E-state index contributed by atoms with van der Waals surface area (Å²) in [5, 5.41) is 0. The Hall–Kier alpha value is -2.38. The van der Waals surface area contributed by atoms with Crippen LogP contribution in [0.5, 0.6) is 0 Å². The van der Waals surface area contributed by atoms with Gasteiger partial charge in [-0.1, -0.05) is 52.0 Å². The zero-order chi connectivity index (χ0) is 21.9. The number of hydrogen-bond donors (Lipinski definition) is 1. The van der Waals surface area contributed by atoms with Crippen LogP contribution in [0.2, 0.25) is 0 Å². The van der Waals surface area contributed by atoms with E-state index in [1.165, 1.54) is 22.6 Å². The van der Waals surface area contributed by atoms with Crippen molar-refractivity contribution in [3.05, 3.63) is 59.7 Å². The van der Waals surface area contributed by atoms with E-state index in [4.69, 9.17) is 4.74 Å². The third-order valence-corrected chi connectivity index (χ3v) is 7.10. The minimum atomic E-state index is -3.72. The molecule has 0 aromatic heterocycles. The van der Waals surface area contributed by atoms with Crippen molar-refractivity contribution in [2.45, 2.75) is 51.0 Å². The van der Waals surface area contributed by atoms with Crippen molar-refractivity contribution in [1.29, 1.82) is 0 Å². The van der Waals surface area contributed by atoms with Crippen LogP contribution in [0.15, 0.2) is 53.4 Å². The number of nitrogens with one attached hydrogen (secondary N) is 1. The van der Waals surface area contributed by atoms with E-state index in [1.54, 1.807) is 12.1 Å². The maximum atomic E-state index is 13.0. The lowest BCUT2D eigenvalue weighted by Gasteiger charge is -2.23. The number of amides is 1. The van der Waals surface area contributed by atoms with E-state index in [1.807, 2.05) is 26.0 Å². The van der Waals surface area contributed by atoms with Crippen molar-refractivity contribution >= 4 is 21.8 Å². The van der Waals surface area contributed by atoms with Crippen molar-refractivity contribution in [2.24, 2.45) is 5.92 Å². The lowest BCUT2D eigenvalue weighted by molar-refractivity contribution is 0.181. The van der Waals surface area contributed by atoms with Gasteiger partial charge in [0.05, 0.1) is 11.4 Å². The zero-order valence-electron chi connectivity index (χ0n) is 18.0. The van der Waals surface area contributed by atoms with Crippen LogP contribution in [0, 0.1) is 5.92 Å². The average Bonchev–Trinajstić information content (AvgIpc) is 3.17. The van der Waals surface area contributed by atoms with Gasteiger partial charge in [0.1, 0.15) is 6.61 Å². The molecule has 3 rings (SSSR count). The molecule has 1 N–H and O–H groups in total. The first-order valence-electron chi connectivity index (χ1n) is 10.4. The molecular formula is C23H30N2O4S. The van der Waals surface area contributed by atoms with Crippen molar-refractivity contribution < 1.29 is 17.9 Å². The highest BCUT2D eigenvalue weighted by molar-refractivity contribution is 7.89. The molecule has 1 aliphatic heterocycles. The molecule has 1 heterocycles. The van der Waals surface area contributed by atoms with E-state index in [0.717, 1.165) is 12.0 Å². The molecule has 0 saturated carbocycles. The van der Waals surface area contributed by atoms with Gasteiger partial charge in [-0.15, -0.1) is 0 Å². The zero-order valence-corrected chi connectivity index (χ0v) is 18.8. The molecule has 0 spiro atoms. The number of carbonyl (C=O) groups is 1. The number of carbonyl (C=O) groups excluding carboxylic acids is 1. The number of anilines is 1. The molecule has 30 heavy (non-hydrogen) atoms. The summed E-state index contributed by atoms with van der Waals surface area (Å²) in [6.07, 6.45) is 0.648. The second-order valence-electron chi connectivity index (χ2n) is 8.08. The SMILES string of the molecule is CCC(C)c1ccc(C(NS(=O)(=O)c2ccc(N3CCOC3=O)cc2)C(C)C)cc1. The van der Waals surface area contributed by atoms with Gasteiger partial charge >= 0.3 is 6.09 Å². The van der Waals surface area contributed by atoms with Crippen molar-refractivity contribution in [3.8, 4) is 0 Å². The van der Waals surface area contributed by atoms with Crippen LogP contribution >= 0.6 is 0 Å². The van der Waals surface area contributed by atoms with Crippen molar-refractivity contribution in [3.63, 3.8) is 0 Å². The Morgan fingerprint density at radius 2 is 1.60 bits per heavy atom. The molecule has 0 radical (unpaired) electrons. The van der Waals surface area contributed by atoms with E-state index < -0.39 is 16.1 Å². The summed E-state index contributed by atoms with van der Waals surface area (Å²) in [6.45, 7) is 9.14. The minimum absolute atomic E-state index is 0.0767. The van der Waals surface area contributed by atoms with Crippen LogP contribution in [-0.4, -0.2) is 27.7 Å². The van der Waals surface area contributed by atoms with Gasteiger partial charge in [0, 0.05) is 11.7 Å². The molecule has 6 nitrogen and oxygen atoms in total. The maximum absolute atomic E-state index is 13.0. The Balaban J connectivity index is 1.79. The number of ether oxygens (including phenoxy) is 1. The van der Waals surface area contributed by atoms with Gasteiger partial charge in [0.15, 0.2) is 0 Å². The highest BCUT2D eigenvalue weighted by atomic mass is 32.2. The number of sulfonamides is 1. The summed E-state index contributed by atoms with van der Waals surface area (Å²) in [5.41, 5.74) is 2.82. The summed E-state index contributed by atoms with van der Waals surface area (Å²) in [7, 11) is -3.72. The summed E-state index contributed by atoms with van der Waals surface area (Å²) in [5.74, 6) is 0.549. The summed E-state index contributed by atoms with van der Waals surface area (Å²) >= 11 is 0. The Morgan fingerprint density at radius 1 is 1.00 bits per heavy atom. The quantitative estimate of drug-likeness (QED) is 0.651. The molecule has 162 valence electrons. The van der Waals surface area contributed by atoms with Crippen LogP contribution in [0.25, 0.3) is 0 Å². The summed E-state index contributed by atoms with van der Waals surface area (Å²) < 4.78 is 33.8. The number of benzene rings is 2. The van der Waals surface area contributed by atoms with E-state index >= 15 is 0 Å². The molecule has 1 amide bonds. The lowest BCUT2D eigenvalue weighted by Crippen LogP contribution is -2.32. The van der Waals surface area contributed by atoms with Crippen LogP contribution in [0.1, 0.15) is 57.2 Å². The third kappa shape index (κ3) is 4.84. The maximum Gasteiger partial charge on any atom is 0.414 e. The fourth-order valence-electron chi connectivity index (χ4n) is 3.52. The molecule has 1 saturated heterocycles. The smallest absolute Gasteiger partial charge is 0.414 e. The van der Waals surface area contributed by atoms with Gasteiger partial charge < -0.3 is 4.74 Å². The predicted molar refractivity (Wildman–Crippen MR) is 118 cm³/mol. The second-order valence-corrected chi connectivity index (χ2v) is 9.79. The number of rotatable bonds is 8. The molecule has 2 unspecified atom stereocenters. The molecule has 2 aromatic rings. The molecule has 1 fully saturated rings.